The highest BCUT2D eigenvalue weighted by Crippen LogP contribution is 2.25. The Hall–Kier alpha value is -1.13. The fourth-order valence-corrected chi connectivity index (χ4v) is 1.82. The first kappa shape index (κ1) is 11.4. The van der Waals surface area contributed by atoms with Crippen molar-refractivity contribution >= 4 is 0 Å². The fraction of sp³-hybridized carbons (Fsp3) is 0.500. The maximum absolute atomic E-state index is 13.6. The Morgan fingerprint density at radius 3 is 3.06 bits per heavy atom. The average molecular weight is 225 g/mol. The van der Waals surface area contributed by atoms with E-state index in [1.807, 2.05) is 0 Å². The Morgan fingerprint density at radius 1 is 1.50 bits per heavy atom. The number of hydrogen-bond acceptors (Lipinski definition) is 3. The minimum Gasteiger partial charge on any atom is -0.485 e. The molecule has 1 heterocycles. The van der Waals surface area contributed by atoms with Gasteiger partial charge in [0.25, 0.3) is 0 Å². The van der Waals surface area contributed by atoms with E-state index in [-0.39, 0.29) is 24.2 Å². The van der Waals surface area contributed by atoms with Crippen LogP contribution in [0.5, 0.6) is 5.75 Å². The van der Waals surface area contributed by atoms with Crippen molar-refractivity contribution in [2.45, 2.75) is 25.5 Å². The Bertz CT molecular complexity index is 351. The second kappa shape index (κ2) is 5.27. The van der Waals surface area contributed by atoms with Crippen LogP contribution in [0.1, 0.15) is 18.4 Å². The van der Waals surface area contributed by atoms with E-state index in [0.717, 1.165) is 19.4 Å². The Kier molecular flexibility index (Phi) is 3.74. The van der Waals surface area contributed by atoms with E-state index in [4.69, 9.17) is 15.2 Å². The monoisotopic (exact) mass is 225 g/mol. The summed E-state index contributed by atoms with van der Waals surface area (Å²) in [6, 6.07) is 4.81. The first-order valence-corrected chi connectivity index (χ1v) is 5.53. The Balaban J connectivity index is 2.12. The molecular weight excluding hydrogens is 209 g/mol. The van der Waals surface area contributed by atoms with Gasteiger partial charge in [0.15, 0.2) is 11.6 Å². The van der Waals surface area contributed by atoms with Crippen molar-refractivity contribution in [2.24, 2.45) is 5.73 Å². The molecule has 1 aromatic rings. The van der Waals surface area contributed by atoms with Gasteiger partial charge < -0.3 is 15.2 Å². The zero-order valence-electron chi connectivity index (χ0n) is 9.12. The number of benzene rings is 1. The summed E-state index contributed by atoms with van der Waals surface area (Å²) >= 11 is 0. The number of halogens is 1. The van der Waals surface area contributed by atoms with Gasteiger partial charge in [0.05, 0.1) is 6.61 Å². The lowest BCUT2D eigenvalue weighted by Gasteiger charge is -2.24. The largest absolute Gasteiger partial charge is 0.485 e. The van der Waals surface area contributed by atoms with Gasteiger partial charge in [0, 0.05) is 18.7 Å². The lowest BCUT2D eigenvalue weighted by atomic mass is 10.1. The molecule has 0 saturated carbocycles. The van der Waals surface area contributed by atoms with Crippen LogP contribution in [0.4, 0.5) is 4.39 Å². The van der Waals surface area contributed by atoms with Crippen LogP contribution in [0.15, 0.2) is 18.2 Å². The van der Waals surface area contributed by atoms with E-state index in [0.29, 0.717) is 12.2 Å². The molecule has 1 aliphatic rings. The molecule has 4 heteroatoms. The summed E-state index contributed by atoms with van der Waals surface area (Å²) < 4.78 is 24.5. The quantitative estimate of drug-likeness (QED) is 0.853. The molecule has 0 aliphatic carbocycles. The molecule has 3 nitrogen and oxygen atoms in total. The molecule has 2 rings (SSSR count). The Morgan fingerprint density at radius 2 is 2.38 bits per heavy atom. The zero-order chi connectivity index (χ0) is 11.4. The van der Waals surface area contributed by atoms with E-state index >= 15 is 0 Å². The van der Waals surface area contributed by atoms with Gasteiger partial charge in [0.2, 0.25) is 0 Å². The summed E-state index contributed by atoms with van der Waals surface area (Å²) in [5.41, 5.74) is 6.25. The molecule has 2 N–H and O–H groups in total. The zero-order valence-corrected chi connectivity index (χ0v) is 9.12. The molecule has 16 heavy (non-hydrogen) atoms. The normalized spacial score (nSPS) is 20.8. The van der Waals surface area contributed by atoms with Crippen LogP contribution in [0.2, 0.25) is 0 Å². The number of para-hydroxylation sites is 1. The fourth-order valence-electron chi connectivity index (χ4n) is 1.82. The van der Waals surface area contributed by atoms with Gasteiger partial charge in [-0.3, -0.25) is 0 Å². The van der Waals surface area contributed by atoms with Crippen LogP contribution in [-0.2, 0) is 11.3 Å². The molecule has 1 fully saturated rings. The van der Waals surface area contributed by atoms with Crippen LogP contribution in [0, 0.1) is 5.82 Å². The second-order valence-corrected chi connectivity index (χ2v) is 3.89. The standard InChI is InChI=1S/C12H16FNO2/c13-11-5-1-3-9(7-14)12(11)16-10-4-2-6-15-8-10/h1,3,5,10H,2,4,6-8,14H2. The first-order chi connectivity index (χ1) is 7.81. The molecule has 88 valence electrons. The summed E-state index contributed by atoms with van der Waals surface area (Å²) in [6.45, 7) is 1.57. The van der Waals surface area contributed by atoms with Gasteiger partial charge in [-0.25, -0.2) is 4.39 Å². The number of rotatable bonds is 3. The van der Waals surface area contributed by atoms with Gasteiger partial charge >= 0.3 is 0 Å². The van der Waals surface area contributed by atoms with Gasteiger partial charge in [-0.15, -0.1) is 0 Å². The number of nitrogens with two attached hydrogens (primary N) is 1. The Labute approximate surface area is 94.3 Å². The lowest BCUT2D eigenvalue weighted by molar-refractivity contribution is 0.00547. The van der Waals surface area contributed by atoms with Crippen LogP contribution < -0.4 is 10.5 Å². The van der Waals surface area contributed by atoms with Crippen molar-refractivity contribution in [3.63, 3.8) is 0 Å². The van der Waals surface area contributed by atoms with E-state index < -0.39 is 0 Å². The van der Waals surface area contributed by atoms with Crippen molar-refractivity contribution < 1.29 is 13.9 Å². The molecule has 1 unspecified atom stereocenters. The predicted octanol–water partition coefficient (Wildman–Crippen LogP) is 1.84. The maximum Gasteiger partial charge on any atom is 0.165 e. The number of ether oxygens (including phenoxy) is 2. The summed E-state index contributed by atoms with van der Waals surface area (Å²) in [6.07, 6.45) is 1.80. The molecule has 1 aromatic carbocycles. The van der Waals surface area contributed by atoms with E-state index in [1.54, 1.807) is 12.1 Å². The van der Waals surface area contributed by atoms with E-state index in [9.17, 15) is 4.39 Å². The van der Waals surface area contributed by atoms with Crippen molar-refractivity contribution in [2.75, 3.05) is 13.2 Å². The highest BCUT2D eigenvalue weighted by Gasteiger charge is 2.18. The SMILES string of the molecule is NCc1cccc(F)c1OC1CCCOC1. The molecule has 1 saturated heterocycles. The summed E-state index contributed by atoms with van der Waals surface area (Å²) in [5.74, 6) is -0.0750. The van der Waals surface area contributed by atoms with Crippen molar-refractivity contribution in [1.29, 1.82) is 0 Å². The van der Waals surface area contributed by atoms with Crippen LogP contribution in [-0.4, -0.2) is 19.3 Å². The van der Waals surface area contributed by atoms with E-state index in [1.165, 1.54) is 6.07 Å². The topological polar surface area (TPSA) is 44.5 Å². The number of hydrogen-bond donors (Lipinski definition) is 1. The van der Waals surface area contributed by atoms with Gasteiger partial charge in [-0.1, -0.05) is 12.1 Å². The van der Waals surface area contributed by atoms with Gasteiger partial charge in [-0.2, -0.15) is 0 Å². The smallest absolute Gasteiger partial charge is 0.165 e. The third-order valence-electron chi connectivity index (χ3n) is 2.67. The first-order valence-electron chi connectivity index (χ1n) is 5.53. The van der Waals surface area contributed by atoms with Crippen molar-refractivity contribution in [3.05, 3.63) is 29.6 Å². The molecule has 0 radical (unpaired) electrons. The van der Waals surface area contributed by atoms with Crippen LogP contribution in [0.3, 0.4) is 0 Å². The molecule has 0 amide bonds. The predicted molar refractivity (Wildman–Crippen MR) is 58.8 cm³/mol. The third-order valence-corrected chi connectivity index (χ3v) is 2.67. The highest BCUT2D eigenvalue weighted by atomic mass is 19.1. The van der Waals surface area contributed by atoms with Crippen molar-refractivity contribution in [3.8, 4) is 5.75 Å². The molecule has 0 spiro atoms. The molecule has 0 aromatic heterocycles. The second-order valence-electron chi connectivity index (χ2n) is 3.89. The summed E-state index contributed by atoms with van der Waals surface area (Å²) in [4.78, 5) is 0. The van der Waals surface area contributed by atoms with E-state index in [2.05, 4.69) is 0 Å². The van der Waals surface area contributed by atoms with Gasteiger partial charge in [-0.05, 0) is 18.9 Å². The highest BCUT2D eigenvalue weighted by molar-refractivity contribution is 5.35. The molecule has 0 bridgehead atoms. The van der Waals surface area contributed by atoms with Crippen LogP contribution >= 0.6 is 0 Å². The molecule has 1 atom stereocenters. The lowest BCUT2D eigenvalue weighted by Crippen LogP contribution is -2.28. The van der Waals surface area contributed by atoms with Crippen LogP contribution in [0.25, 0.3) is 0 Å². The minimum atomic E-state index is -0.353. The maximum atomic E-state index is 13.6. The van der Waals surface area contributed by atoms with Crippen molar-refractivity contribution in [1.82, 2.24) is 0 Å². The third kappa shape index (κ3) is 2.51. The molecular formula is C12H16FNO2. The molecule has 1 aliphatic heterocycles. The van der Waals surface area contributed by atoms with Gasteiger partial charge in [0.1, 0.15) is 6.10 Å². The summed E-state index contributed by atoms with van der Waals surface area (Å²) in [5, 5.41) is 0. The summed E-state index contributed by atoms with van der Waals surface area (Å²) in [7, 11) is 0. The minimum absolute atomic E-state index is 0.0593. The average Bonchev–Trinajstić information content (AvgIpc) is 2.33.